The lowest BCUT2D eigenvalue weighted by atomic mass is 10.1. The molecule has 3 N–H and O–H groups in total. The predicted octanol–water partition coefficient (Wildman–Crippen LogP) is 0.872. The summed E-state index contributed by atoms with van der Waals surface area (Å²) in [7, 11) is 0. The van der Waals surface area contributed by atoms with Crippen molar-refractivity contribution in [3.8, 4) is 5.75 Å². The van der Waals surface area contributed by atoms with Gasteiger partial charge < -0.3 is 5.11 Å². The number of fused-ring (bicyclic) bond motifs is 1. The van der Waals surface area contributed by atoms with Gasteiger partial charge in [-0.15, -0.1) is 0 Å². The fraction of sp³-hybridized carbons (Fsp3) is 0.111. The molecular formula is C18H16N4O4. The van der Waals surface area contributed by atoms with Crippen molar-refractivity contribution in [1.29, 1.82) is 0 Å². The molecule has 8 heteroatoms. The first-order chi connectivity index (χ1) is 12.5. The Kier molecular flexibility index (Phi) is 4.66. The third kappa shape index (κ3) is 3.39. The molecule has 0 aliphatic rings. The molecule has 0 bridgehead atoms. The number of nitrogens with one attached hydrogen (secondary N) is 2. The van der Waals surface area contributed by atoms with Gasteiger partial charge in [0.1, 0.15) is 12.3 Å². The van der Waals surface area contributed by atoms with Gasteiger partial charge in [-0.25, -0.2) is 4.98 Å². The monoisotopic (exact) mass is 352 g/mol. The van der Waals surface area contributed by atoms with E-state index >= 15 is 0 Å². The maximum atomic E-state index is 12.4. The van der Waals surface area contributed by atoms with Crippen molar-refractivity contribution in [3.05, 3.63) is 70.3 Å². The summed E-state index contributed by atoms with van der Waals surface area (Å²) < 4.78 is 1.16. The number of aromatic hydroxyl groups is 1. The van der Waals surface area contributed by atoms with E-state index in [1.807, 2.05) is 13.0 Å². The Morgan fingerprint density at radius 1 is 1.12 bits per heavy atom. The Balaban J connectivity index is 1.70. The van der Waals surface area contributed by atoms with Crippen LogP contribution in [0.2, 0.25) is 0 Å². The van der Waals surface area contributed by atoms with Crippen LogP contribution in [0.1, 0.15) is 15.9 Å². The molecule has 2 amide bonds. The maximum absolute atomic E-state index is 12.4. The molecule has 0 atom stereocenters. The van der Waals surface area contributed by atoms with Crippen molar-refractivity contribution < 1.29 is 14.7 Å². The number of hydrogen-bond donors (Lipinski definition) is 3. The van der Waals surface area contributed by atoms with Crippen molar-refractivity contribution in [3.63, 3.8) is 0 Å². The van der Waals surface area contributed by atoms with Gasteiger partial charge in [-0.2, -0.15) is 0 Å². The third-order valence-electron chi connectivity index (χ3n) is 3.83. The number of phenols is 1. The number of rotatable bonds is 3. The minimum absolute atomic E-state index is 0.0211. The first-order valence-electron chi connectivity index (χ1n) is 7.79. The first kappa shape index (κ1) is 17.2. The predicted molar refractivity (Wildman–Crippen MR) is 94.5 cm³/mol. The number of para-hydroxylation sites is 2. The highest BCUT2D eigenvalue weighted by molar-refractivity contribution is 5.97. The Morgan fingerprint density at radius 3 is 2.65 bits per heavy atom. The van der Waals surface area contributed by atoms with Crippen LogP contribution in [0.3, 0.4) is 0 Å². The van der Waals surface area contributed by atoms with Crippen LogP contribution in [0.5, 0.6) is 5.75 Å². The van der Waals surface area contributed by atoms with Crippen LogP contribution in [-0.2, 0) is 11.3 Å². The average Bonchev–Trinajstić information content (AvgIpc) is 2.63. The van der Waals surface area contributed by atoms with Gasteiger partial charge in [-0.05, 0) is 30.7 Å². The van der Waals surface area contributed by atoms with Crippen LogP contribution in [0.15, 0.2) is 53.6 Å². The largest absolute Gasteiger partial charge is 0.507 e. The molecular weight excluding hydrogens is 336 g/mol. The summed E-state index contributed by atoms with van der Waals surface area (Å²) in [4.78, 5) is 40.6. The molecule has 132 valence electrons. The van der Waals surface area contributed by atoms with Crippen molar-refractivity contribution in [1.82, 2.24) is 20.4 Å². The molecule has 0 fully saturated rings. The molecule has 3 rings (SSSR count). The SMILES string of the molecule is Cc1cccc2c(=O)n(CC(=O)NNC(=O)c3ccccc3O)cnc12. The summed E-state index contributed by atoms with van der Waals surface area (Å²) in [5.41, 5.74) is 5.52. The molecule has 0 aliphatic carbocycles. The van der Waals surface area contributed by atoms with Crippen LogP contribution < -0.4 is 16.4 Å². The molecule has 0 saturated heterocycles. The molecule has 0 saturated carbocycles. The van der Waals surface area contributed by atoms with Gasteiger partial charge in [-0.3, -0.25) is 29.8 Å². The quantitative estimate of drug-likeness (QED) is 0.606. The van der Waals surface area contributed by atoms with E-state index in [1.165, 1.54) is 18.5 Å². The number of phenolic OH excluding ortho intramolecular Hbond substituents is 1. The molecule has 0 radical (unpaired) electrons. The number of benzene rings is 2. The summed E-state index contributed by atoms with van der Waals surface area (Å²) in [5.74, 6) is -1.48. The Bertz CT molecular complexity index is 1060. The van der Waals surface area contributed by atoms with Gasteiger partial charge in [0.05, 0.1) is 22.8 Å². The van der Waals surface area contributed by atoms with Gasteiger partial charge >= 0.3 is 0 Å². The van der Waals surface area contributed by atoms with E-state index in [9.17, 15) is 19.5 Å². The van der Waals surface area contributed by atoms with Crippen LogP contribution >= 0.6 is 0 Å². The Labute approximate surface area is 148 Å². The fourth-order valence-corrected chi connectivity index (χ4v) is 2.50. The van der Waals surface area contributed by atoms with Crippen LogP contribution in [0.25, 0.3) is 10.9 Å². The zero-order valence-electron chi connectivity index (χ0n) is 13.9. The first-order valence-corrected chi connectivity index (χ1v) is 7.79. The van der Waals surface area contributed by atoms with Crippen molar-refractivity contribution >= 4 is 22.7 Å². The second kappa shape index (κ2) is 7.06. The second-order valence-corrected chi connectivity index (χ2v) is 5.67. The molecule has 0 spiro atoms. The zero-order valence-corrected chi connectivity index (χ0v) is 13.9. The van der Waals surface area contributed by atoms with E-state index in [4.69, 9.17) is 0 Å². The lowest BCUT2D eigenvalue weighted by molar-refractivity contribution is -0.122. The summed E-state index contributed by atoms with van der Waals surface area (Å²) >= 11 is 0. The zero-order chi connectivity index (χ0) is 18.7. The molecule has 2 aromatic carbocycles. The minimum Gasteiger partial charge on any atom is -0.507 e. The minimum atomic E-state index is -0.670. The normalized spacial score (nSPS) is 10.5. The Morgan fingerprint density at radius 2 is 1.88 bits per heavy atom. The molecule has 26 heavy (non-hydrogen) atoms. The van der Waals surface area contributed by atoms with Gasteiger partial charge in [-0.1, -0.05) is 24.3 Å². The highest BCUT2D eigenvalue weighted by Gasteiger charge is 2.12. The summed E-state index contributed by atoms with van der Waals surface area (Å²) in [6, 6.07) is 11.2. The second-order valence-electron chi connectivity index (χ2n) is 5.67. The number of nitrogens with zero attached hydrogens (tertiary/aromatic N) is 2. The summed E-state index contributed by atoms with van der Waals surface area (Å²) in [6.07, 6.45) is 1.29. The summed E-state index contributed by atoms with van der Waals surface area (Å²) in [5, 5.41) is 10.0. The number of hydrazine groups is 1. The lowest BCUT2D eigenvalue weighted by Crippen LogP contribution is -2.44. The van der Waals surface area contributed by atoms with E-state index < -0.39 is 11.8 Å². The molecule has 0 unspecified atom stereocenters. The number of carbonyl (C=O) groups excluding carboxylic acids is 2. The van der Waals surface area contributed by atoms with E-state index in [0.717, 1.165) is 10.1 Å². The number of aromatic nitrogens is 2. The van der Waals surface area contributed by atoms with Crippen molar-refractivity contribution in [2.75, 3.05) is 0 Å². The van der Waals surface area contributed by atoms with Crippen LogP contribution in [-0.4, -0.2) is 26.5 Å². The molecule has 0 aliphatic heterocycles. The smallest absolute Gasteiger partial charge is 0.273 e. The van der Waals surface area contributed by atoms with E-state index in [2.05, 4.69) is 15.8 Å². The molecule has 1 aromatic heterocycles. The standard InChI is InChI=1S/C18H16N4O4/c1-11-5-4-7-13-16(11)19-10-22(18(13)26)9-15(24)20-21-17(25)12-6-2-3-8-14(12)23/h2-8,10,23H,9H2,1H3,(H,20,24)(H,21,25). The van der Waals surface area contributed by atoms with E-state index in [0.29, 0.717) is 10.9 Å². The average molecular weight is 352 g/mol. The molecule has 1 heterocycles. The number of carbonyl (C=O) groups is 2. The Hall–Kier alpha value is -3.68. The highest BCUT2D eigenvalue weighted by atomic mass is 16.3. The lowest BCUT2D eigenvalue weighted by Gasteiger charge is -2.10. The topological polar surface area (TPSA) is 113 Å². The highest BCUT2D eigenvalue weighted by Crippen LogP contribution is 2.14. The number of aryl methyl sites for hydroxylation is 1. The van der Waals surface area contributed by atoms with Gasteiger partial charge in [0.2, 0.25) is 0 Å². The van der Waals surface area contributed by atoms with E-state index in [-0.39, 0.29) is 23.4 Å². The fourth-order valence-electron chi connectivity index (χ4n) is 2.50. The van der Waals surface area contributed by atoms with Gasteiger partial charge in [0.25, 0.3) is 17.4 Å². The molecule has 3 aromatic rings. The molecule has 8 nitrogen and oxygen atoms in total. The van der Waals surface area contributed by atoms with Crippen molar-refractivity contribution in [2.24, 2.45) is 0 Å². The third-order valence-corrected chi connectivity index (χ3v) is 3.83. The summed E-state index contributed by atoms with van der Waals surface area (Å²) in [6.45, 7) is 1.54. The maximum Gasteiger partial charge on any atom is 0.273 e. The van der Waals surface area contributed by atoms with Crippen LogP contribution in [0, 0.1) is 6.92 Å². The van der Waals surface area contributed by atoms with Crippen LogP contribution in [0.4, 0.5) is 0 Å². The van der Waals surface area contributed by atoms with Gasteiger partial charge in [0, 0.05) is 0 Å². The van der Waals surface area contributed by atoms with Crippen molar-refractivity contribution in [2.45, 2.75) is 13.5 Å². The van der Waals surface area contributed by atoms with Gasteiger partial charge in [0.15, 0.2) is 0 Å². The number of amides is 2. The number of hydrogen-bond acceptors (Lipinski definition) is 5. The van der Waals surface area contributed by atoms with E-state index in [1.54, 1.807) is 24.3 Å².